The van der Waals surface area contributed by atoms with Gasteiger partial charge in [0.25, 0.3) is 0 Å². The van der Waals surface area contributed by atoms with Crippen LogP contribution in [-0.2, 0) is 0 Å². The molecule has 3 aliphatic rings. The molecule has 3 heterocycles. The summed E-state index contributed by atoms with van der Waals surface area (Å²) in [5, 5.41) is 3.53. The van der Waals surface area contributed by atoms with Crippen molar-refractivity contribution in [2.75, 3.05) is 18.4 Å². The SMILES string of the molecule is C1=C(Nc2ccccc2)C2CCN1CC2. The number of para-hydroxylation sites is 1. The molecule has 2 heteroatoms. The van der Waals surface area contributed by atoms with Crippen LogP contribution in [0.1, 0.15) is 12.8 Å². The van der Waals surface area contributed by atoms with Crippen molar-refractivity contribution in [1.29, 1.82) is 0 Å². The van der Waals surface area contributed by atoms with E-state index in [-0.39, 0.29) is 0 Å². The van der Waals surface area contributed by atoms with E-state index in [1.54, 1.807) is 0 Å². The first-order chi connectivity index (χ1) is 7.42. The second kappa shape index (κ2) is 3.61. The number of piperidine rings is 1. The zero-order valence-electron chi connectivity index (χ0n) is 8.82. The zero-order chi connectivity index (χ0) is 10.1. The molecule has 1 aromatic rings. The highest BCUT2D eigenvalue weighted by Crippen LogP contribution is 2.31. The number of anilines is 1. The summed E-state index contributed by atoms with van der Waals surface area (Å²) < 4.78 is 0. The second-order valence-electron chi connectivity index (χ2n) is 4.39. The minimum absolute atomic E-state index is 0.759. The Bertz CT molecular complexity index is 361. The maximum atomic E-state index is 3.53. The van der Waals surface area contributed by atoms with Crippen LogP contribution < -0.4 is 5.32 Å². The third kappa shape index (κ3) is 1.72. The molecule has 0 radical (unpaired) electrons. The molecule has 4 rings (SSSR count). The molecule has 0 unspecified atom stereocenters. The second-order valence-corrected chi connectivity index (χ2v) is 4.39. The summed E-state index contributed by atoms with van der Waals surface area (Å²) in [4.78, 5) is 2.42. The van der Waals surface area contributed by atoms with Crippen LogP contribution in [0.15, 0.2) is 42.2 Å². The van der Waals surface area contributed by atoms with Crippen LogP contribution in [0.25, 0.3) is 0 Å². The van der Waals surface area contributed by atoms with Crippen LogP contribution in [0.3, 0.4) is 0 Å². The lowest BCUT2D eigenvalue weighted by Crippen LogP contribution is -2.37. The standard InChI is InChI=1S/C13H16N2/c1-2-4-12(5-3-1)14-13-10-15-8-6-11(13)7-9-15/h1-5,10-11,14H,6-9H2. The van der Waals surface area contributed by atoms with E-state index in [0.717, 1.165) is 5.92 Å². The van der Waals surface area contributed by atoms with Gasteiger partial charge in [-0.1, -0.05) is 18.2 Å². The normalized spacial score (nSPS) is 20.3. The molecule has 1 aromatic carbocycles. The molecule has 2 bridgehead atoms. The molecule has 78 valence electrons. The average molecular weight is 200 g/mol. The fraction of sp³-hybridized carbons (Fsp3) is 0.385. The Balaban J connectivity index is 1.79. The van der Waals surface area contributed by atoms with E-state index in [2.05, 4.69) is 46.7 Å². The highest BCUT2D eigenvalue weighted by atomic mass is 15.1. The van der Waals surface area contributed by atoms with Crippen molar-refractivity contribution < 1.29 is 0 Å². The van der Waals surface area contributed by atoms with Crippen LogP contribution in [-0.4, -0.2) is 18.0 Å². The Hall–Kier alpha value is -1.44. The lowest BCUT2D eigenvalue weighted by atomic mass is 9.90. The summed E-state index contributed by atoms with van der Waals surface area (Å²) in [6.07, 6.45) is 4.92. The van der Waals surface area contributed by atoms with E-state index in [0.29, 0.717) is 0 Å². The Labute approximate surface area is 90.6 Å². The number of rotatable bonds is 2. The van der Waals surface area contributed by atoms with Crippen LogP contribution >= 0.6 is 0 Å². The van der Waals surface area contributed by atoms with Gasteiger partial charge in [0.1, 0.15) is 0 Å². The lowest BCUT2D eigenvalue weighted by molar-refractivity contribution is 0.232. The van der Waals surface area contributed by atoms with Gasteiger partial charge < -0.3 is 10.2 Å². The molecule has 0 spiro atoms. The molecular formula is C13H16N2. The third-order valence-corrected chi connectivity index (χ3v) is 3.35. The van der Waals surface area contributed by atoms with Crippen LogP contribution in [0.2, 0.25) is 0 Å². The van der Waals surface area contributed by atoms with Gasteiger partial charge in [-0.15, -0.1) is 0 Å². The van der Waals surface area contributed by atoms with Crippen molar-refractivity contribution in [2.24, 2.45) is 5.92 Å². The van der Waals surface area contributed by atoms with E-state index in [4.69, 9.17) is 0 Å². The topological polar surface area (TPSA) is 15.3 Å². The van der Waals surface area contributed by atoms with Gasteiger partial charge in [0.2, 0.25) is 0 Å². The van der Waals surface area contributed by atoms with Crippen LogP contribution in [0.4, 0.5) is 5.69 Å². The predicted molar refractivity (Wildman–Crippen MR) is 62.4 cm³/mol. The Morgan fingerprint density at radius 2 is 1.80 bits per heavy atom. The van der Waals surface area contributed by atoms with Gasteiger partial charge in [-0.25, -0.2) is 0 Å². The van der Waals surface area contributed by atoms with E-state index in [9.17, 15) is 0 Å². The first-order valence-corrected chi connectivity index (χ1v) is 5.70. The van der Waals surface area contributed by atoms with Gasteiger partial charge in [0.15, 0.2) is 0 Å². The van der Waals surface area contributed by atoms with Crippen molar-refractivity contribution in [3.05, 3.63) is 42.2 Å². The number of hydrogen-bond acceptors (Lipinski definition) is 2. The molecule has 0 aromatic heterocycles. The minimum atomic E-state index is 0.759. The predicted octanol–water partition coefficient (Wildman–Crippen LogP) is 2.67. The van der Waals surface area contributed by atoms with Crippen molar-refractivity contribution in [3.63, 3.8) is 0 Å². The summed E-state index contributed by atoms with van der Waals surface area (Å²) in [7, 11) is 0. The zero-order valence-corrected chi connectivity index (χ0v) is 8.82. The minimum Gasteiger partial charge on any atom is -0.376 e. The molecule has 0 amide bonds. The highest BCUT2D eigenvalue weighted by molar-refractivity contribution is 5.48. The first-order valence-electron chi connectivity index (χ1n) is 5.70. The van der Waals surface area contributed by atoms with Crippen molar-refractivity contribution in [3.8, 4) is 0 Å². The summed E-state index contributed by atoms with van der Waals surface area (Å²) >= 11 is 0. The van der Waals surface area contributed by atoms with Gasteiger partial charge in [-0.3, -0.25) is 0 Å². The molecule has 15 heavy (non-hydrogen) atoms. The van der Waals surface area contributed by atoms with Crippen molar-refractivity contribution in [1.82, 2.24) is 4.90 Å². The largest absolute Gasteiger partial charge is 0.376 e. The van der Waals surface area contributed by atoms with Crippen molar-refractivity contribution >= 4 is 5.69 Å². The Kier molecular flexibility index (Phi) is 2.13. The third-order valence-electron chi connectivity index (χ3n) is 3.35. The first kappa shape index (κ1) is 8.84. The number of fused-ring (bicyclic) bond motifs is 2. The molecule has 0 atom stereocenters. The maximum Gasteiger partial charge on any atom is 0.0382 e. The van der Waals surface area contributed by atoms with Crippen molar-refractivity contribution in [2.45, 2.75) is 12.8 Å². The smallest absolute Gasteiger partial charge is 0.0382 e. The monoisotopic (exact) mass is 200 g/mol. The molecule has 1 fully saturated rings. The summed E-state index contributed by atoms with van der Waals surface area (Å²) in [6, 6.07) is 10.4. The lowest BCUT2D eigenvalue weighted by Gasteiger charge is -2.39. The Morgan fingerprint density at radius 1 is 1.07 bits per heavy atom. The summed E-state index contributed by atoms with van der Waals surface area (Å²) in [5.74, 6) is 0.759. The van der Waals surface area contributed by atoms with E-state index < -0.39 is 0 Å². The Morgan fingerprint density at radius 3 is 2.40 bits per heavy atom. The molecular weight excluding hydrogens is 184 g/mol. The van der Waals surface area contributed by atoms with Gasteiger partial charge in [0, 0.05) is 36.6 Å². The van der Waals surface area contributed by atoms with Gasteiger partial charge in [0.05, 0.1) is 0 Å². The number of hydrogen-bond donors (Lipinski definition) is 1. The van der Waals surface area contributed by atoms with E-state index in [1.165, 1.54) is 37.3 Å². The van der Waals surface area contributed by atoms with Gasteiger partial charge in [-0.05, 0) is 25.0 Å². The highest BCUT2D eigenvalue weighted by Gasteiger charge is 2.26. The average Bonchev–Trinajstić information content (AvgIpc) is 2.32. The summed E-state index contributed by atoms with van der Waals surface area (Å²) in [6.45, 7) is 2.48. The summed E-state index contributed by atoms with van der Waals surface area (Å²) in [5.41, 5.74) is 2.61. The fourth-order valence-corrected chi connectivity index (χ4v) is 2.46. The molecule has 0 aliphatic carbocycles. The molecule has 0 saturated carbocycles. The molecule has 1 N–H and O–H groups in total. The molecule has 2 nitrogen and oxygen atoms in total. The number of nitrogens with one attached hydrogen (secondary N) is 1. The quantitative estimate of drug-likeness (QED) is 0.789. The number of allylic oxidation sites excluding steroid dienone is 1. The fourth-order valence-electron chi connectivity index (χ4n) is 2.46. The van der Waals surface area contributed by atoms with Crippen LogP contribution in [0.5, 0.6) is 0 Å². The maximum absolute atomic E-state index is 3.53. The number of nitrogens with zero attached hydrogens (tertiary/aromatic N) is 1. The van der Waals surface area contributed by atoms with E-state index in [1.807, 2.05) is 0 Å². The van der Waals surface area contributed by atoms with Gasteiger partial charge >= 0.3 is 0 Å². The molecule has 3 aliphatic heterocycles. The van der Waals surface area contributed by atoms with E-state index >= 15 is 0 Å². The molecule has 1 saturated heterocycles. The van der Waals surface area contributed by atoms with Crippen LogP contribution in [0, 0.1) is 5.92 Å². The number of benzene rings is 1. The van der Waals surface area contributed by atoms with Gasteiger partial charge in [-0.2, -0.15) is 0 Å².